The first-order valence-corrected chi connectivity index (χ1v) is 11.3. The van der Waals surface area contributed by atoms with Crippen molar-refractivity contribution in [3.8, 4) is 6.07 Å². The van der Waals surface area contributed by atoms with Crippen molar-refractivity contribution in [3.63, 3.8) is 0 Å². The van der Waals surface area contributed by atoms with Crippen molar-refractivity contribution < 1.29 is 13.2 Å². The molecule has 1 aliphatic rings. The molecule has 0 radical (unpaired) electrons. The first kappa shape index (κ1) is 21.8. The number of nitrogens with zero attached hydrogens (tertiary/aromatic N) is 4. The van der Waals surface area contributed by atoms with Crippen LogP contribution in [0.3, 0.4) is 0 Å². The van der Waals surface area contributed by atoms with E-state index in [4.69, 9.17) is 5.26 Å². The Morgan fingerprint density at radius 1 is 1.07 bits per heavy atom. The zero-order valence-electron chi connectivity index (χ0n) is 17.3. The van der Waals surface area contributed by atoms with Gasteiger partial charge in [0.2, 0.25) is 15.9 Å². The molecule has 1 saturated heterocycles. The molecular weight excluding hydrogens is 400 g/mol. The Morgan fingerprint density at radius 3 is 2.33 bits per heavy atom. The van der Waals surface area contributed by atoms with Crippen LogP contribution in [0, 0.1) is 11.3 Å². The number of sulfonamides is 1. The molecule has 0 N–H and O–H groups in total. The van der Waals surface area contributed by atoms with Crippen LogP contribution in [0.25, 0.3) is 0 Å². The largest absolute Gasteiger partial charge is 0.371 e. The number of hydrogen-bond donors (Lipinski definition) is 0. The third kappa shape index (κ3) is 4.81. The van der Waals surface area contributed by atoms with Crippen molar-refractivity contribution in [2.24, 2.45) is 0 Å². The Morgan fingerprint density at radius 2 is 1.70 bits per heavy atom. The number of amides is 1. The summed E-state index contributed by atoms with van der Waals surface area (Å²) in [6.07, 6.45) is 2.34. The summed E-state index contributed by atoms with van der Waals surface area (Å²) >= 11 is 0. The van der Waals surface area contributed by atoms with E-state index in [1.165, 1.54) is 44.2 Å². The lowest BCUT2D eigenvalue weighted by Crippen LogP contribution is -2.39. The molecule has 158 valence electrons. The fourth-order valence-corrected chi connectivity index (χ4v) is 4.65. The van der Waals surface area contributed by atoms with E-state index in [-0.39, 0.29) is 17.3 Å². The predicted octanol–water partition coefficient (Wildman–Crippen LogP) is 2.44. The molecule has 1 fully saturated rings. The lowest BCUT2D eigenvalue weighted by atomic mass is 10.1. The fourth-order valence-electron chi connectivity index (χ4n) is 3.53. The highest BCUT2D eigenvalue weighted by molar-refractivity contribution is 7.89. The Bertz CT molecular complexity index is 1040. The van der Waals surface area contributed by atoms with Crippen molar-refractivity contribution >= 4 is 21.6 Å². The van der Waals surface area contributed by atoms with E-state index in [1.54, 1.807) is 11.9 Å². The van der Waals surface area contributed by atoms with Crippen molar-refractivity contribution in [2.45, 2.75) is 24.3 Å². The van der Waals surface area contributed by atoms with Gasteiger partial charge in [-0.1, -0.05) is 18.2 Å². The topological polar surface area (TPSA) is 84.7 Å². The molecule has 2 aromatic rings. The maximum atomic E-state index is 12.7. The average molecular weight is 427 g/mol. The molecule has 0 spiro atoms. The van der Waals surface area contributed by atoms with E-state index in [1.807, 2.05) is 24.3 Å². The van der Waals surface area contributed by atoms with Crippen LogP contribution in [0.1, 0.15) is 24.0 Å². The molecule has 0 saturated carbocycles. The highest BCUT2D eigenvalue weighted by Gasteiger charge is 2.25. The van der Waals surface area contributed by atoms with Gasteiger partial charge in [0.1, 0.15) is 0 Å². The third-order valence-electron chi connectivity index (χ3n) is 5.32. The second kappa shape index (κ2) is 9.28. The normalized spacial score (nSPS) is 14.0. The van der Waals surface area contributed by atoms with Crippen molar-refractivity contribution in [3.05, 3.63) is 59.7 Å². The monoisotopic (exact) mass is 426 g/mol. The van der Waals surface area contributed by atoms with Gasteiger partial charge in [-0.05, 0) is 48.7 Å². The summed E-state index contributed by atoms with van der Waals surface area (Å²) in [4.78, 5) is 16.7. The smallest absolute Gasteiger partial charge is 0.243 e. The first-order valence-electron chi connectivity index (χ1n) is 9.86. The molecule has 0 atom stereocenters. The quantitative estimate of drug-likeness (QED) is 0.679. The van der Waals surface area contributed by atoms with Crippen molar-refractivity contribution in [1.82, 2.24) is 9.21 Å². The van der Waals surface area contributed by atoms with E-state index in [0.717, 1.165) is 28.6 Å². The van der Waals surface area contributed by atoms with Gasteiger partial charge in [0.05, 0.1) is 23.1 Å². The minimum atomic E-state index is -3.82. The summed E-state index contributed by atoms with van der Waals surface area (Å²) < 4.78 is 26.5. The number of para-hydroxylation sites is 1. The molecule has 30 heavy (non-hydrogen) atoms. The maximum absolute atomic E-state index is 12.7. The molecule has 0 bridgehead atoms. The van der Waals surface area contributed by atoms with E-state index in [9.17, 15) is 13.2 Å². The summed E-state index contributed by atoms with van der Waals surface area (Å²) in [5, 5.41) is 8.87. The summed E-state index contributed by atoms with van der Waals surface area (Å²) in [5.41, 5.74) is 2.56. The molecule has 1 heterocycles. The Balaban J connectivity index is 1.67. The van der Waals surface area contributed by atoms with Crippen molar-refractivity contribution in [2.75, 3.05) is 38.6 Å². The molecule has 0 aromatic heterocycles. The lowest BCUT2D eigenvalue weighted by molar-refractivity contribution is -0.130. The molecule has 0 unspecified atom stereocenters. The fraction of sp³-hybridized carbons (Fsp3) is 0.364. The highest BCUT2D eigenvalue weighted by Crippen LogP contribution is 2.25. The number of carbonyl (C=O) groups excluding carboxylic acids is 1. The van der Waals surface area contributed by atoms with Crippen LogP contribution < -0.4 is 4.90 Å². The average Bonchev–Trinajstić information content (AvgIpc) is 3.28. The van der Waals surface area contributed by atoms with Gasteiger partial charge in [-0.25, -0.2) is 8.42 Å². The highest BCUT2D eigenvalue weighted by atomic mass is 32.2. The van der Waals surface area contributed by atoms with Crippen LogP contribution in [0.4, 0.5) is 5.69 Å². The minimum absolute atomic E-state index is 0.0545. The number of nitriles is 1. The molecule has 1 amide bonds. The standard InChI is InChI=1S/C22H26N4O3S/c1-24(16-19-7-3-4-8-21(19)26-13-5-6-14-26)22(27)17-25(2)30(28,29)20-11-9-18(15-23)10-12-20/h3-4,7-12H,5-6,13-14,16-17H2,1-2H3. The predicted molar refractivity (Wildman–Crippen MR) is 115 cm³/mol. The minimum Gasteiger partial charge on any atom is -0.371 e. The zero-order valence-corrected chi connectivity index (χ0v) is 18.1. The number of rotatable bonds is 7. The van der Waals surface area contributed by atoms with Gasteiger partial charge in [-0.2, -0.15) is 9.57 Å². The van der Waals surface area contributed by atoms with Crippen molar-refractivity contribution in [1.29, 1.82) is 5.26 Å². The van der Waals surface area contributed by atoms with Gasteiger partial charge in [-0.3, -0.25) is 4.79 Å². The van der Waals surface area contributed by atoms with Gasteiger partial charge >= 0.3 is 0 Å². The summed E-state index contributed by atoms with van der Waals surface area (Å²) in [7, 11) is -0.746. The van der Waals surface area contributed by atoms with E-state index < -0.39 is 10.0 Å². The van der Waals surface area contributed by atoms with Crippen LogP contribution in [0.5, 0.6) is 0 Å². The van der Waals surface area contributed by atoms with Crippen LogP contribution in [0.15, 0.2) is 53.4 Å². The Hall–Kier alpha value is -2.89. The Labute approximate surface area is 178 Å². The second-order valence-electron chi connectivity index (χ2n) is 7.47. The molecule has 1 aliphatic heterocycles. The van der Waals surface area contributed by atoms with Gasteiger partial charge < -0.3 is 9.80 Å². The van der Waals surface area contributed by atoms with Gasteiger partial charge in [0, 0.05) is 39.4 Å². The molecule has 0 aliphatic carbocycles. The van der Waals surface area contributed by atoms with Crippen LogP contribution >= 0.6 is 0 Å². The van der Waals surface area contributed by atoms with Gasteiger partial charge in [0.25, 0.3) is 0 Å². The SMILES string of the molecule is CN(Cc1ccccc1N1CCCC1)C(=O)CN(C)S(=O)(=O)c1ccc(C#N)cc1. The maximum Gasteiger partial charge on any atom is 0.243 e. The number of hydrogen-bond acceptors (Lipinski definition) is 5. The van der Waals surface area contributed by atoms with Gasteiger partial charge in [0.15, 0.2) is 0 Å². The summed E-state index contributed by atoms with van der Waals surface area (Å²) in [6, 6.07) is 15.6. The van der Waals surface area contributed by atoms with E-state index >= 15 is 0 Å². The molecule has 7 nitrogen and oxygen atoms in total. The Kier molecular flexibility index (Phi) is 6.75. The number of likely N-dealkylation sites (N-methyl/N-ethyl adjacent to an activating group) is 2. The zero-order chi connectivity index (χ0) is 21.7. The lowest BCUT2D eigenvalue weighted by Gasteiger charge is -2.25. The first-order chi connectivity index (χ1) is 14.3. The van der Waals surface area contributed by atoms with Crippen LogP contribution in [-0.2, 0) is 21.4 Å². The number of benzene rings is 2. The molecule has 3 rings (SSSR count). The molecule has 2 aromatic carbocycles. The third-order valence-corrected chi connectivity index (χ3v) is 7.14. The number of anilines is 1. The van der Waals surface area contributed by atoms with Gasteiger partial charge in [-0.15, -0.1) is 0 Å². The van der Waals surface area contributed by atoms with E-state index in [0.29, 0.717) is 12.1 Å². The van der Waals surface area contributed by atoms with Crippen LogP contribution in [0.2, 0.25) is 0 Å². The number of carbonyl (C=O) groups is 1. The molecule has 8 heteroatoms. The van der Waals surface area contributed by atoms with E-state index in [2.05, 4.69) is 11.0 Å². The summed E-state index contributed by atoms with van der Waals surface area (Å²) in [5.74, 6) is -0.286. The molecular formula is C22H26N4O3S. The summed E-state index contributed by atoms with van der Waals surface area (Å²) in [6.45, 7) is 2.18. The second-order valence-corrected chi connectivity index (χ2v) is 9.51. The van der Waals surface area contributed by atoms with Crippen LogP contribution in [-0.4, -0.2) is 57.3 Å².